The molecule has 5 nitrogen and oxygen atoms in total. The molecule has 1 unspecified atom stereocenters. The van der Waals surface area contributed by atoms with E-state index in [9.17, 15) is 4.79 Å². The Morgan fingerprint density at radius 3 is 2.38 bits per heavy atom. The first kappa shape index (κ1) is 17.8. The molecule has 6 heteroatoms. The van der Waals surface area contributed by atoms with Gasteiger partial charge in [0.15, 0.2) is 0 Å². The number of nitrogens with one attached hydrogen (secondary N) is 1. The van der Waals surface area contributed by atoms with Crippen LogP contribution in [0.1, 0.15) is 33.3 Å². The number of carbonyl (C=O) groups is 1. The number of hydrogen-bond donors (Lipinski definition) is 2. The molecule has 1 aromatic carbocycles. The number of methoxy groups -OCH3 is 1. The quantitative estimate of drug-likeness (QED) is 0.892. The predicted molar refractivity (Wildman–Crippen MR) is 84.7 cm³/mol. The van der Waals surface area contributed by atoms with Crippen molar-refractivity contribution in [2.45, 2.75) is 38.9 Å². The molecule has 21 heavy (non-hydrogen) atoms. The Kier molecular flexibility index (Phi) is 5.61. The Morgan fingerprint density at radius 1 is 1.33 bits per heavy atom. The number of hydrogen-bond acceptors (Lipinski definition) is 4. The van der Waals surface area contributed by atoms with Crippen molar-refractivity contribution in [1.82, 2.24) is 0 Å². The van der Waals surface area contributed by atoms with Crippen LogP contribution in [-0.2, 0) is 15.1 Å². The number of halogens is 1. The van der Waals surface area contributed by atoms with Crippen molar-refractivity contribution in [3.05, 3.63) is 28.8 Å². The van der Waals surface area contributed by atoms with Crippen LogP contribution in [0.15, 0.2) is 18.2 Å². The van der Waals surface area contributed by atoms with Gasteiger partial charge in [-0.1, -0.05) is 17.7 Å². The van der Waals surface area contributed by atoms with Crippen LogP contribution in [0, 0.1) is 0 Å². The summed E-state index contributed by atoms with van der Waals surface area (Å²) in [6, 6.07) is 5.16. The molecule has 1 amide bonds. The van der Waals surface area contributed by atoms with Crippen LogP contribution in [0.2, 0.25) is 5.02 Å². The fourth-order valence-electron chi connectivity index (χ4n) is 1.75. The van der Waals surface area contributed by atoms with E-state index in [-0.39, 0.29) is 0 Å². The van der Waals surface area contributed by atoms with E-state index in [0.717, 1.165) is 5.56 Å². The highest BCUT2D eigenvalue weighted by Crippen LogP contribution is 2.32. The minimum Gasteiger partial charge on any atom is -0.444 e. The molecule has 0 heterocycles. The highest BCUT2D eigenvalue weighted by atomic mass is 35.5. The zero-order chi connectivity index (χ0) is 16.3. The summed E-state index contributed by atoms with van der Waals surface area (Å²) in [6.07, 6.45) is -0.528. The fourth-order valence-corrected chi connectivity index (χ4v) is 2.13. The third-order valence-corrected chi connectivity index (χ3v) is 3.34. The largest absolute Gasteiger partial charge is 0.444 e. The smallest absolute Gasteiger partial charge is 0.412 e. The van der Waals surface area contributed by atoms with Gasteiger partial charge in [0.05, 0.1) is 0 Å². The van der Waals surface area contributed by atoms with Crippen LogP contribution in [-0.4, -0.2) is 25.3 Å². The molecule has 0 fully saturated rings. The summed E-state index contributed by atoms with van der Waals surface area (Å²) in [5, 5.41) is 3.11. The van der Waals surface area contributed by atoms with E-state index in [1.807, 2.05) is 6.92 Å². The van der Waals surface area contributed by atoms with Crippen molar-refractivity contribution < 1.29 is 14.3 Å². The van der Waals surface area contributed by atoms with Crippen LogP contribution < -0.4 is 11.1 Å². The molecule has 0 aliphatic rings. The summed E-state index contributed by atoms with van der Waals surface area (Å²) in [5.41, 5.74) is 5.83. The van der Waals surface area contributed by atoms with Gasteiger partial charge in [-0.2, -0.15) is 0 Å². The fraction of sp³-hybridized carbons (Fsp3) is 0.533. The number of carbonyl (C=O) groups excluding carboxylic acids is 1. The Bertz CT molecular complexity index is 508. The molecular formula is C15H23ClN2O3. The van der Waals surface area contributed by atoms with Crippen LogP contribution in [0.25, 0.3) is 0 Å². The maximum Gasteiger partial charge on any atom is 0.412 e. The minimum atomic E-state index is -0.665. The summed E-state index contributed by atoms with van der Waals surface area (Å²) < 4.78 is 10.6. The van der Waals surface area contributed by atoms with E-state index in [4.69, 9.17) is 26.8 Å². The standard InChI is InChI=1S/C15H23ClN2O3/c1-14(2,3)21-13(19)18-10-6-7-11(12(16)8-10)15(4,9-17)20-5/h6-8H,9,17H2,1-5H3,(H,18,19). The van der Waals surface area contributed by atoms with Crippen LogP contribution in [0.3, 0.4) is 0 Å². The van der Waals surface area contributed by atoms with Crippen molar-refractivity contribution in [3.8, 4) is 0 Å². The van der Waals surface area contributed by atoms with Crippen molar-refractivity contribution in [2.24, 2.45) is 5.73 Å². The van der Waals surface area contributed by atoms with Crippen LogP contribution >= 0.6 is 11.6 Å². The Balaban J connectivity index is 2.91. The first-order valence-corrected chi connectivity index (χ1v) is 7.04. The SMILES string of the molecule is COC(C)(CN)c1ccc(NC(=O)OC(C)(C)C)cc1Cl. The van der Waals surface area contributed by atoms with Crippen LogP contribution in [0.4, 0.5) is 10.5 Å². The lowest BCUT2D eigenvalue weighted by atomic mass is 9.95. The Morgan fingerprint density at radius 2 is 1.95 bits per heavy atom. The molecule has 0 saturated carbocycles. The first-order chi connectivity index (χ1) is 9.61. The molecule has 0 saturated heterocycles. The topological polar surface area (TPSA) is 73.6 Å². The number of amides is 1. The van der Waals surface area contributed by atoms with Gasteiger partial charge in [-0.05, 0) is 39.8 Å². The van der Waals surface area contributed by atoms with Gasteiger partial charge in [-0.3, -0.25) is 5.32 Å². The van der Waals surface area contributed by atoms with Gasteiger partial charge in [0.2, 0.25) is 0 Å². The number of ether oxygens (including phenoxy) is 2. The molecule has 0 bridgehead atoms. The predicted octanol–water partition coefficient (Wildman–Crippen LogP) is 3.51. The van der Waals surface area contributed by atoms with Gasteiger partial charge in [0.25, 0.3) is 0 Å². The number of benzene rings is 1. The summed E-state index contributed by atoms with van der Waals surface area (Å²) in [4.78, 5) is 11.7. The van der Waals surface area contributed by atoms with E-state index in [0.29, 0.717) is 17.3 Å². The molecule has 3 N–H and O–H groups in total. The van der Waals surface area contributed by atoms with Gasteiger partial charge in [-0.15, -0.1) is 0 Å². The molecule has 1 aromatic rings. The second kappa shape index (κ2) is 6.64. The van der Waals surface area contributed by atoms with E-state index >= 15 is 0 Å². The van der Waals surface area contributed by atoms with Crippen LogP contribution in [0.5, 0.6) is 0 Å². The second-order valence-electron chi connectivity index (χ2n) is 5.96. The van der Waals surface area contributed by atoms with E-state index in [1.54, 1.807) is 46.1 Å². The van der Waals surface area contributed by atoms with E-state index < -0.39 is 17.3 Å². The number of nitrogens with two attached hydrogens (primary N) is 1. The third-order valence-electron chi connectivity index (χ3n) is 3.02. The number of anilines is 1. The van der Waals surface area contributed by atoms with Gasteiger partial charge in [0.1, 0.15) is 11.2 Å². The molecule has 1 atom stereocenters. The average Bonchev–Trinajstić information content (AvgIpc) is 2.35. The molecule has 0 aliphatic carbocycles. The minimum absolute atomic E-state index is 0.294. The summed E-state index contributed by atoms with van der Waals surface area (Å²) in [5.74, 6) is 0. The summed E-state index contributed by atoms with van der Waals surface area (Å²) >= 11 is 6.26. The average molecular weight is 315 g/mol. The molecular weight excluding hydrogens is 292 g/mol. The number of rotatable bonds is 4. The molecule has 0 spiro atoms. The zero-order valence-electron chi connectivity index (χ0n) is 13.1. The molecule has 0 aliphatic heterocycles. The van der Waals surface area contributed by atoms with E-state index in [2.05, 4.69) is 5.32 Å². The van der Waals surface area contributed by atoms with Crippen molar-refractivity contribution in [2.75, 3.05) is 19.0 Å². The zero-order valence-corrected chi connectivity index (χ0v) is 13.9. The molecule has 1 rings (SSSR count). The maximum absolute atomic E-state index is 11.7. The lowest BCUT2D eigenvalue weighted by molar-refractivity contribution is 0.0102. The molecule has 118 valence electrons. The monoisotopic (exact) mass is 314 g/mol. The van der Waals surface area contributed by atoms with E-state index in [1.165, 1.54) is 0 Å². The highest BCUT2D eigenvalue weighted by molar-refractivity contribution is 6.31. The second-order valence-corrected chi connectivity index (χ2v) is 6.37. The van der Waals surface area contributed by atoms with Gasteiger partial charge < -0.3 is 15.2 Å². The maximum atomic E-state index is 11.7. The summed E-state index contributed by atoms with van der Waals surface area (Å²) in [6.45, 7) is 7.55. The molecule has 0 radical (unpaired) electrons. The molecule has 0 aromatic heterocycles. The first-order valence-electron chi connectivity index (χ1n) is 6.66. The van der Waals surface area contributed by atoms with Crippen molar-refractivity contribution >= 4 is 23.4 Å². The third kappa shape index (κ3) is 4.88. The lowest BCUT2D eigenvalue weighted by Gasteiger charge is -2.28. The Hall–Kier alpha value is -1.30. The Labute approximate surface area is 130 Å². The normalized spacial score (nSPS) is 14.4. The van der Waals surface area contributed by atoms with Gasteiger partial charge >= 0.3 is 6.09 Å². The highest BCUT2D eigenvalue weighted by Gasteiger charge is 2.27. The lowest BCUT2D eigenvalue weighted by Crippen LogP contribution is -2.34. The van der Waals surface area contributed by atoms with Crippen molar-refractivity contribution in [3.63, 3.8) is 0 Å². The van der Waals surface area contributed by atoms with Crippen molar-refractivity contribution in [1.29, 1.82) is 0 Å². The van der Waals surface area contributed by atoms with Gasteiger partial charge in [0, 0.05) is 29.9 Å². The summed E-state index contributed by atoms with van der Waals surface area (Å²) in [7, 11) is 1.58. The van der Waals surface area contributed by atoms with Gasteiger partial charge in [-0.25, -0.2) is 4.79 Å².